The molecule has 0 unspecified atom stereocenters. The Hall–Kier alpha value is -1.02. The zero-order chi connectivity index (χ0) is 16.2. The minimum absolute atomic E-state index is 0.615. The molecule has 0 spiro atoms. The number of nitrogens with one attached hydrogen (secondary N) is 1. The third-order valence-electron chi connectivity index (χ3n) is 2.88. The van der Waals surface area contributed by atoms with Gasteiger partial charge in [-0.2, -0.15) is 0 Å². The molecule has 0 fully saturated rings. The van der Waals surface area contributed by atoms with E-state index in [-0.39, 0.29) is 0 Å². The molecule has 0 aromatic carbocycles. The van der Waals surface area contributed by atoms with Crippen molar-refractivity contribution in [2.75, 3.05) is 53.6 Å². The Labute approximate surface area is 134 Å². The van der Waals surface area contributed by atoms with Crippen LogP contribution in [-0.2, 0) is 22.6 Å². The van der Waals surface area contributed by atoms with Gasteiger partial charge < -0.3 is 19.7 Å². The van der Waals surface area contributed by atoms with E-state index in [9.17, 15) is 0 Å². The lowest BCUT2D eigenvalue weighted by Gasteiger charge is -2.08. The van der Waals surface area contributed by atoms with Crippen molar-refractivity contribution < 1.29 is 9.47 Å². The maximum atomic E-state index is 5.53. The van der Waals surface area contributed by atoms with Crippen LogP contribution in [0.2, 0.25) is 0 Å². The van der Waals surface area contributed by atoms with Gasteiger partial charge in [0.15, 0.2) is 0 Å². The highest BCUT2D eigenvalue weighted by Gasteiger charge is 2.01. The van der Waals surface area contributed by atoms with E-state index in [0.717, 1.165) is 38.5 Å². The lowest BCUT2D eigenvalue weighted by Crippen LogP contribution is -2.24. The highest BCUT2D eigenvalue weighted by Crippen LogP contribution is 1.96. The maximum absolute atomic E-state index is 5.53. The Balaban J connectivity index is 1.92. The fourth-order valence-electron chi connectivity index (χ4n) is 1.86. The van der Waals surface area contributed by atoms with Gasteiger partial charge in [-0.25, -0.2) is 4.68 Å². The Morgan fingerprint density at radius 3 is 2.59 bits per heavy atom. The van der Waals surface area contributed by atoms with Gasteiger partial charge in [-0.05, 0) is 26.6 Å². The van der Waals surface area contributed by atoms with E-state index in [1.54, 1.807) is 0 Å². The average molecular weight is 313 g/mol. The van der Waals surface area contributed by atoms with Crippen LogP contribution < -0.4 is 5.32 Å². The lowest BCUT2D eigenvalue weighted by molar-refractivity contribution is 0.0448. The highest BCUT2D eigenvalue weighted by molar-refractivity contribution is 4.91. The molecule has 1 rings (SSSR count). The van der Waals surface area contributed by atoms with E-state index in [4.69, 9.17) is 9.47 Å². The molecule has 0 saturated carbocycles. The Kier molecular flexibility index (Phi) is 9.98. The summed E-state index contributed by atoms with van der Waals surface area (Å²) in [5.41, 5.74) is 0.974. The van der Waals surface area contributed by atoms with Crippen LogP contribution in [0.15, 0.2) is 6.20 Å². The van der Waals surface area contributed by atoms with Gasteiger partial charge in [-0.15, -0.1) is 5.10 Å². The van der Waals surface area contributed by atoms with Crippen molar-refractivity contribution in [3.8, 4) is 0 Å². The molecule has 1 N–H and O–H groups in total. The van der Waals surface area contributed by atoms with Crippen molar-refractivity contribution in [3.63, 3.8) is 0 Å². The van der Waals surface area contributed by atoms with E-state index in [1.165, 1.54) is 0 Å². The zero-order valence-corrected chi connectivity index (χ0v) is 14.4. The summed E-state index contributed by atoms with van der Waals surface area (Å²) in [6, 6.07) is 0. The maximum Gasteiger partial charge on any atom is 0.0966 e. The van der Waals surface area contributed by atoms with Crippen LogP contribution in [0.3, 0.4) is 0 Å². The molecule has 7 heteroatoms. The van der Waals surface area contributed by atoms with Crippen molar-refractivity contribution in [2.45, 2.75) is 26.9 Å². The fourth-order valence-corrected chi connectivity index (χ4v) is 1.86. The van der Waals surface area contributed by atoms with E-state index in [0.29, 0.717) is 25.7 Å². The number of hydrogen-bond donors (Lipinski definition) is 1. The largest absolute Gasteiger partial charge is 0.378 e. The number of rotatable bonds is 13. The van der Waals surface area contributed by atoms with Gasteiger partial charge in [0.1, 0.15) is 0 Å². The lowest BCUT2D eigenvalue weighted by atomic mass is 10.2. The molecule has 0 amide bonds. The van der Waals surface area contributed by atoms with Crippen LogP contribution in [0.5, 0.6) is 0 Å². The molecule has 1 heterocycles. The van der Waals surface area contributed by atoms with Crippen LogP contribution in [0.4, 0.5) is 0 Å². The summed E-state index contributed by atoms with van der Waals surface area (Å²) in [7, 11) is 4.03. The Morgan fingerprint density at radius 1 is 1.18 bits per heavy atom. The second-order valence-corrected chi connectivity index (χ2v) is 6.03. The molecule has 0 aliphatic rings. The quantitative estimate of drug-likeness (QED) is 0.539. The number of hydrogen-bond acceptors (Lipinski definition) is 6. The normalized spacial score (nSPS) is 11.7. The van der Waals surface area contributed by atoms with Crippen molar-refractivity contribution in [2.24, 2.45) is 5.92 Å². The summed E-state index contributed by atoms with van der Waals surface area (Å²) in [6.45, 7) is 10.4. The first-order valence-corrected chi connectivity index (χ1v) is 7.98. The third kappa shape index (κ3) is 9.83. The molecule has 0 saturated heterocycles. The fraction of sp³-hybridized carbons (Fsp3) is 0.867. The molecule has 1 aromatic heterocycles. The summed E-state index contributed by atoms with van der Waals surface area (Å²) in [5, 5.41) is 11.5. The molecule has 0 bridgehead atoms. The highest BCUT2D eigenvalue weighted by atomic mass is 16.5. The van der Waals surface area contributed by atoms with Gasteiger partial charge >= 0.3 is 0 Å². The van der Waals surface area contributed by atoms with Gasteiger partial charge in [-0.1, -0.05) is 19.1 Å². The Bertz CT molecular complexity index is 382. The van der Waals surface area contributed by atoms with Crippen molar-refractivity contribution in [3.05, 3.63) is 11.9 Å². The minimum Gasteiger partial charge on any atom is -0.378 e. The summed E-state index contributed by atoms with van der Waals surface area (Å²) in [4.78, 5) is 2.07. The molecule has 0 aliphatic carbocycles. The third-order valence-corrected chi connectivity index (χ3v) is 2.88. The molecule has 0 aliphatic heterocycles. The second kappa shape index (κ2) is 11.5. The van der Waals surface area contributed by atoms with Crippen molar-refractivity contribution in [1.82, 2.24) is 25.2 Å². The van der Waals surface area contributed by atoms with Crippen LogP contribution in [0.1, 0.15) is 19.5 Å². The van der Waals surface area contributed by atoms with Gasteiger partial charge in [0.2, 0.25) is 0 Å². The van der Waals surface area contributed by atoms with Crippen LogP contribution in [-0.4, -0.2) is 73.5 Å². The second-order valence-electron chi connectivity index (χ2n) is 6.03. The monoisotopic (exact) mass is 313 g/mol. The molecule has 0 radical (unpaired) electrons. The number of nitrogens with zero attached hydrogens (tertiary/aromatic N) is 4. The number of ether oxygens (including phenoxy) is 2. The van der Waals surface area contributed by atoms with Gasteiger partial charge in [0, 0.05) is 19.3 Å². The molecule has 0 atom stereocenters. The predicted molar refractivity (Wildman–Crippen MR) is 86.8 cm³/mol. The summed E-state index contributed by atoms with van der Waals surface area (Å²) in [6.07, 6.45) is 1.96. The van der Waals surface area contributed by atoms with E-state index in [2.05, 4.69) is 34.4 Å². The van der Waals surface area contributed by atoms with E-state index in [1.807, 2.05) is 25.0 Å². The van der Waals surface area contributed by atoms with Crippen LogP contribution >= 0.6 is 0 Å². The standard InChI is InChI=1S/C15H31N5O2/c1-14(2)11-16-5-7-21-9-10-22-8-6-20-13-15(17-18-20)12-19(3)4/h13-14,16H,5-12H2,1-4H3. The van der Waals surface area contributed by atoms with E-state index >= 15 is 0 Å². The SMILES string of the molecule is CC(C)CNCCOCCOCCn1cc(CN(C)C)nn1. The summed E-state index contributed by atoms with van der Waals surface area (Å²) in [5.74, 6) is 0.679. The first-order chi connectivity index (χ1) is 10.6. The molecular weight excluding hydrogens is 282 g/mol. The van der Waals surface area contributed by atoms with Crippen molar-refractivity contribution in [1.29, 1.82) is 0 Å². The molecule has 22 heavy (non-hydrogen) atoms. The smallest absolute Gasteiger partial charge is 0.0966 e. The van der Waals surface area contributed by atoms with Gasteiger partial charge in [-0.3, -0.25) is 0 Å². The van der Waals surface area contributed by atoms with E-state index < -0.39 is 0 Å². The molecule has 7 nitrogen and oxygen atoms in total. The van der Waals surface area contributed by atoms with Crippen molar-refractivity contribution >= 4 is 0 Å². The van der Waals surface area contributed by atoms with Crippen LogP contribution in [0.25, 0.3) is 0 Å². The zero-order valence-electron chi connectivity index (χ0n) is 14.4. The van der Waals surface area contributed by atoms with Crippen LogP contribution in [0, 0.1) is 5.92 Å². The molecular formula is C15H31N5O2. The Morgan fingerprint density at radius 2 is 1.91 bits per heavy atom. The average Bonchev–Trinajstić information content (AvgIpc) is 2.87. The first-order valence-electron chi connectivity index (χ1n) is 7.98. The molecule has 1 aromatic rings. The van der Waals surface area contributed by atoms with Gasteiger partial charge in [0.25, 0.3) is 0 Å². The first kappa shape index (κ1) is 19.0. The predicted octanol–water partition coefficient (Wildman–Crippen LogP) is 0.619. The summed E-state index contributed by atoms with van der Waals surface area (Å²) >= 11 is 0. The minimum atomic E-state index is 0.615. The number of aromatic nitrogens is 3. The molecule has 128 valence electrons. The summed E-state index contributed by atoms with van der Waals surface area (Å²) < 4.78 is 12.8. The van der Waals surface area contributed by atoms with Gasteiger partial charge in [0.05, 0.1) is 38.7 Å². The topological polar surface area (TPSA) is 64.4 Å².